The van der Waals surface area contributed by atoms with Crippen LogP contribution in [0, 0.1) is 0 Å². The van der Waals surface area contributed by atoms with E-state index in [0.717, 1.165) is 4.90 Å². The lowest BCUT2D eigenvalue weighted by Gasteiger charge is -2.13. The molecule has 0 saturated heterocycles. The van der Waals surface area contributed by atoms with Gasteiger partial charge in [-0.05, 0) is 67.6 Å². The largest absolute Gasteiger partial charge is 0.495 e. The number of thioether (sulfide) groups is 1. The van der Waals surface area contributed by atoms with Crippen molar-refractivity contribution >= 4 is 69.8 Å². The Morgan fingerprint density at radius 1 is 0.875 bits per heavy atom. The molecule has 0 aliphatic rings. The molecule has 0 aliphatic carbocycles. The van der Waals surface area contributed by atoms with Crippen molar-refractivity contribution in [2.24, 2.45) is 0 Å². The molecule has 0 heterocycles. The van der Waals surface area contributed by atoms with Gasteiger partial charge in [-0.2, -0.15) is 0 Å². The maximum absolute atomic E-state index is 12.5. The molecule has 1 atom stereocenters. The van der Waals surface area contributed by atoms with E-state index in [2.05, 4.69) is 10.6 Å². The van der Waals surface area contributed by atoms with Crippen LogP contribution in [0.15, 0.2) is 65.6 Å². The van der Waals surface area contributed by atoms with Gasteiger partial charge < -0.3 is 15.4 Å². The Morgan fingerprint density at radius 2 is 1.56 bits per heavy atom. The summed E-state index contributed by atoms with van der Waals surface area (Å²) in [4.78, 5) is 25.8. The second-order valence-corrected chi connectivity index (χ2v) is 9.37. The zero-order valence-electron chi connectivity index (χ0n) is 17.1. The van der Waals surface area contributed by atoms with Crippen molar-refractivity contribution in [2.45, 2.75) is 17.1 Å². The van der Waals surface area contributed by atoms with Crippen LogP contribution in [0.2, 0.25) is 15.1 Å². The molecule has 2 amide bonds. The molecule has 5 nitrogen and oxygen atoms in total. The monoisotopic (exact) mass is 508 g/mol. The van der Waals surface area contributed by atoms with Crippen LogP contribution in [0.3, 0.4) is 0 Å². The molecular formula is C23H19Cl3N2O3S. The number of ether oxygens (including phenoxy) is 1. The van der Waals surface area contributed by atoms with Crippen molar-refractivity contribution in [1.29, 1.82) is 0 Å². The van der Waals surface area contributed by atoms with E-state index in [4.69, 9.17) is 39.5 Å². The summed E-state index contributed by atoms with van der Waals surface area (Å²) in [5, 5.41) is 6.43. The number of carbonyl (C=O) groups excluding carboxylic acids is 2. The highest BCUT2D eigenvalue weighted by Crippen LogP contribution is 2.29. The molecule has 0 aromatic heterocycles. The van der Waals surface area contributed by atoms with E-state index in [-0.39, 0.29) is 22.1 Å². The summed E-state index contributed by atoms with van der Waals surface area (Å²) in [6, 6.07) is 16.9. The fourth-order valence-electron chi connectivity index (χ4n) is 2.73. The van der Waals surface area contributed by atoms with E-state index in [0.29, 0.717) is 32.7 Å². The highest BCUT2D eigenvalue weighted by Gasteiger charge is 2.16. The Kier molecular flexibility index (Phi) is 8.32. The van der Waals surface area contributed by atoms with Gasteiger partial charge in [0, 0.05) is 21.3 Å². The second-order valence-electron chi connectivity index (χ2n) is 6.70. The normalized spacial score (nSPS) is 11.5. The molecule has 166 valence electrons. The maximum atomic E-state index is 12.5. The Labute approximate surface area is 205 Å². The van der Waals surface area contributed by atoms with Gasteiger partial charge in [0.15, 0.2) is 0 Å². The maximum Gasteiger partial charge on any atom is 0.257 e. The first-order chi connectivity index (χ1) is 15.3. The van der Waals surface area contributed by atoms with Gasteiger partial charge in [-0.25, -0.2) is 0 Å². The summed E-state index contributed by atoms with van der Waals surface area (Å²) in [5.41, 5.74) is 1.53. The van der Waals surface area contributed by atoms with Crippen molar-refractivity contribution in [3.05, 3.63) is 81.3 Å². The van der Waals surface area contributed by atoms with Crippen LogP contribution in [0.5, 0.6) is 5.75 Å². The highest BCUT2D eigenvalue weighted by atomic mass is 35.5. The minimum Gasteiger partial charge on any atom is -0.495 e. The van der Waals surface area contributed by atoms with E-state index in [1.54, 1.807) is 42.5 Å². The second kappa shape index (κ2) is 11.0. The van der Waals surface area contributed by atoms with Crippen LogP contribution >= 0.6 is 46.6 Å². The van der Waals surface area contributed by atoms with E-state index in [9.17, 15) is 9.59 Å². The Morgan fingerprint density at radius 3 is 2.19 bits per heavy atom. The first-order valence-corrected chi connectivity index (χ1v) is 11.5. The Bertz CT molecular complexity index is 1140. The smallest absolute Gasteiger partial charge is 0.257 e. The molecule has 9 heteroatoms. The van der Waals surface area contributed by atoms with Gasteiger partial charge in [-0.3, -0.25) is 9.59 Å². The lowest BCUT2D eigenvalue weighted by Crippen LogP contribution is -2.22. The standard InChI is InChI=1S/C23H19Cl3N2O3S/c1-13(22(29)28-16-6-10-21(31-2)20(26)12-16)32-17-7-4-15(5-8-17)27-23(30)18-9-3-14(24)11-19(18)25/h3-13H,1-2H3,(H,27,30)(H,28,29). The minimum atomic E-state index is -0.357. The number of rotatable bonds is 7. The van der Waals surface area contributed by atoms with Gasteiger partial charge in [0.1, 0.15) is 5.75 Å². The van der Waals surface area contributed by atoms with Gasteiger partial charge in [0.2, 0.25) is 5.91 Å². The third-order valence-corrected chi connectivity index (χ3v) is 6.34. The van der Waals surface area contributed by atoms with E-state index in [1.165, 1.54) is 24.9 Å². The van der Waals surface area contributed by atoms with E-state index in [1.807, 2.05) is 19.1 Å². The van der Waals surface area contributed by atoms with E-state index >= 15 is 0 Å². The third-order valence-electron chi connectivity index (χ3n) is 4.39. The molecule has 0 aliphatic heterocycles. The lowest BCUT2D eigenvalue weighted by molar-refractivity contribution is -0.115. The number of halogens is 3. The van der Waals surface area contributed by atoms with Crippen LogP contribution in [0.4, 0.5) is 11.4 Å². The third kappa shape index (κ3) is 6.33. The van der Waals surface area contributed by atoms with Crippen molar-refractivity contribution in [1.82, 2.24) is 0 Å². The SMILES string of the molecule is COc1ccc(NC(=O)C(C)Sc2ccc(NC(=O)c3ccc(Cl)cc3Cl)cc2)cc1Cl. The van der Waals surface area contributed by atoms with Gasteiger partial charge in [-0.15, -0.1) is 11.8 Å². The van der Waals surface area contributed by atoms with Crippen LogP contribution in [0.25, 0.3) is 0 Å². The highest BCUT2D eigenvalue weighted by molar-refractivity contribution is 8.00. The van der Waals surface area contributed by atoms with Crippen LogP contribution in [0.1, 0.15) is 17.3 Å². The van der Waals surface area contributed by atoms with Crippen LogP contribution in [-0.4, -0.2) is 24.2 Å². The zero-order chi connectivity index (χ0) is 23.3. The molecule has 0 spiro atoms. The van der Waals surface area contributed by atoms with Crippen molar-refractivity contribution < 1.29 is 14.3 Å². The Hall–Kier alpha value is -2.38. The predicted octanol–water partition coefficient (Wildman–Crippen LogP) is 7.03. The molecule has 0 bridgehead atoms. The molecule has 0 radical (unpaired) electrons. The van der Waals surface area contributed by atoms with Crippen LogP contribution in [-0.2, 0) is 4.79 Å². The molecule has 3 aromatic carbocycles. The Balaban J connectivity index is 1.58. The zero-order valence-corrected chi connectivity index (χ0v) is 20.2. The summed E-state index contributed by atoms with van der Waals surface area (Å²) >= 11 is 19.4. The minimum absolute atomic E-state index is 0.161. The summed E-state index contributed by atoms with van der Waals surface area (Å²) < 4.78 is 5.11. The summed E-state index contributed by atoms with van der Waals surface area (Å²) in [7, 11) is 1.53. The lowest BCUT2D eigenvalue weighted by atomic mass is 10.2. The summed E-state index contributed by atoms with van der Waals surface area (Å²) in [6.07, 6.45) is 0. The van der Waals surface area contributed by atoms with Gasteiger partial charge in [0.05, 0.1) is 28.0 Å². The molecule has 2 N–H and O–H groups in total. The van der Waals surface area contributed by atoms with Gasteiger partial charge in [0.25, 0.3) is 5.91 Å². The molecule has 1 unspecified atom stereocenters. The average Bonchev–Trinajstić information content (AvgIpc) is 2.75. The van der Waals surface area contributed by atoms with Gasteiger partial charge >= 0.3 is 0 Å². The summed E-state index contributed by atoms with van der Waals surface area (Å²) in [6.45, 7) is 1.81. The summed E-state index contributed by atoms with van der Waals surface area (Å²) in [5.74, 6) is 0.0431. The topological polar surface area (TPSA) is 67.4 Å². The number of amides is 2. The molecular weight excluding hydrogens is 491 g/mol. The molecule has 3 aromatic rings. The molecule has 0 fully saturated rings. The number of methoxy groups -OCH3 is 1. The fourth-order valence-corrected chi connectivity index (χ4v) is 4.35. The number of carbonyl (C=O) groups is 2. The number of nitrogens with one attached hydrogen (secondary N) is 2. The predicted molar refractivity (Wildman–Crippen MR) is 133 cm³/mol. The van der Waals surface area contributed by atoms with Crippen molar-refractivity contribution in [3.8, 4) is 5.75 Å². The number of benzene rings is 3. The number of hydrogen-bond acceptors (Lipinski definition) is 4. The van der Waals surface area contributed by atoms with Crippen LogP contribution < -0.4 is 15.4 Å². The van der Waals surface area contributed by atoms with Crippen molar-refractivity contribution in [3.63, 3.8) is 0 Å². The van der Waals surface area contributed by atoms with Gasteiger partial charge in [-0.1, -0.05) is 34.8 Å². The molecule has 32 heavy (non-hydrogen) atoms. The number of hydrogen-bond donors (Lipinski definition) is 2. The molecule has 3 rings (SSSR count). The first-order valence-electron chi connectivity index (χ1n) is 9.44. The first kappa shape index (κ1) is 24.3. The fraction of sp³-hybridized carbons (Fsp3) is 0.130. The number of anilines is 2. The van der Waals surface area contributed by atoms with Crippen molar-refractivity contribution in [2.75, 3.05) is 17.7 Å². The molecule has 0 saturated carbocycles. The van der Waals surface area contributed by atoms with E-state index < -0.39 is 0 Å². The average molecular weight is 510 g/mol. The quantitative estimate of drug-likeness (QED) is 0.336.